The van der Waals surface area contributed by atoms with E-state index in [1.807, 2.05) is 0 Å². The van der Waals surface area contributed by atoms with Crippen LogP contribution in [0.25, 0.3) is 0 Å². The van der Waals surface area contributed by atoms with Gasteiger partial charge in [0.15, 0.2) is 0 Å². The van der Waals surface area contributed by atoms with Crippen LogP contribution in [-0.2, 0) is 0 Å². The van der Waals surface area contributed by atoms with Gasteiger partial charge in [0, 0.05) is 11.7 Å². The lowest BCUT2D eigenvalue weighted by Gasteiger charge is -2.36. The fourth-order valence-electron chi connectivity index (χ4n) is 3.28. The molecule has 18 heavy (non-hydrogen) atoms. The molecule has 1 fully saturated rings. The molecule has 0 aliphatic heterocycles. The molecule has 0 amide bonds. The van der Waals surface area contributed by atoms with Crippen LogP contribution in [-0.4, -0.2) is 22.9 Å². The van der Waals surface area contributed by atoms with Crippen molar-refractivity contribution in [2.45, 2.75) is 65.5 Å². The predicted molar refractivity (Wildman–Crippen MR) is 76.0 cm³/mol. The molecule has 3 heteroatoms. The Bertz CT molecular complexity index is 408. The fraction of sp³-hybridized carbons (Fsp3) is 0.800. The summed E-state index contributed by atoms with van der Waals surface area (Å²) in [4.78, 5) is 0. The molecule has 3 nitrogen and oxygen atoms in total. The number of hydrogen-bond donors (Lipinski definition) is 1. The lowest BCUT2D eigenvalue weighted by molar-refractivity contribution is 0.194. The van der Waals surface area contributed by atoms with Crippen LogP contribution in [0.4, 0.5) is 0 Å². The number of likely N-dealkylation sites (N-methyl/N-ethyl adjacent to an activating group) is 1. The molecule has 1 aromatic heterocycles. The van der Waals surface area contributed by atoms with Crippen molar-refractivity contribution in [2.24, 2.45) is 5.92 Å². The summed E-state index contributed by atoms with van der Waals surface area (Å²) < 4.78 is 2.29. The Morgan fingerprint density at radius 3 is 2.50 bits per heavy atom. The van der Waals surface area contributed by atoms with Gasteiger partial charge < -0.3 is 5.32 Å². The van der Waals surface area contributed by atoms with E-state index in [1.54, 1.807) is 0 Å². The Morgan fingerprint density at radius 1 is 1.28 bits per heavy atom. The molecular formula is C15H27N3. The van der Waals surface area contributed by atoms with Crippen LogP contribution in [0.3, 0.4) is 0 Å². The van der Waals surface area contributed by atoms with E-state index in [0.29, 0.717) is 12.1 Å². The third-order valence-electron chi connectivity index (χ3n) is 4.87. The molecule has 0 bridgehead atoms. The molecule has 1 heterocycles. The minimum Gasteiger partial charge on any atom is -0.315 e. The molecule has 0 saturated heterocycles. The second kappa shape index (κ2) is 5.43. The number of rotatable bonds is 3. The van der Waals surface area contributed by atoms with Crippen molar-refractivity contribution in [3.63, 3.8) is 0 Å². The van der Waals surface area contributed by atoms with Crippen molar-refractivity contribution in [1.29, 1.82) is 0 Å². The maximum Gasteiger partial charge on any atom is 0.0677 e. The van der Waals surface area contributed by atoms with Gasteiger partial charge in [0.1, 0.15) is 0 Å². The summed E-state index contributed by atoms with van der Waals surface area (Å²) in [5.41, 5.74) is 3.87. The molecule has 0 aromatic carbocycles. The van der Waals surface area contributed by atoms with E-state index in [-0.39, 0.29) is 0 Å². The molecule has 3 atom stereocenters. The van der Waals surface area contributed by atoms with Gasteiger partial charge in [0.05, 0.1) is 11.7 Å². The summed E-state index contributed by atoms with van der Waals surface area (Å²) in [7, 11) is 2.09. The van der Waals surface area contributed by atoms with Crippen molar-refractivity contribution in [3.05, 3.63) is 17.0 Å². The van der Waals surface area contributed by atoms with Gasteiger partial charge in [-0.3, -0.25) is 4.68 Å². The van der Waals surface area contributed by atoms with Gasteiger partial charge in [-0.15, -0.1) is 0 Å². The van der Waals surface area contributed by atoms with E-state index < -0.39 is 0 Å². The van der Waals surface area contributed by atoms with E-state index in [4.69, 9.17) is 5.10 Å². The number of nitrogens with zero attached hydrogens (tertiary/aromatic N) is 2. The van der Waals surface area contributed by atoms with E-state index in [9.17, 15) is 0 Å². The molecule has 1 aromatic rings. The Morgan fingerprint density at radius 2 is 2.00 bits per heavy atom. The maximum absolute atomic E-state index is 4.78. The second-order valence-electron chi connectivity index (χ2n) is 5.79. The first-order valence-electron chi connectivity index (χ1n) is 7.28. The highest BCUT2D eigenvalue weighted by Gasteiger charge is 2.31. The number of aryl methyl sites for hydroxylation is 1. The number of aromatic nitrogens is 2. The first-order valence-corrected chi connectivity index (χ1v) is 7.28. The zero-order valence-corrected chi connectivity index (χ0v) is 12.5. The minimum atomic E-state index is 0.529. The van der Waals surface area contributed by atoms with Crippen LogP contribution >= 0.6 is 0 Å². The second-order valence-corrected chi connectivity index (χ2v) is 5.79. The van der Waals surface area contributed by atoms with Crippen molar-refractivity contribution in [1.82, 2.24) is 15.1 Å². The van der Waals surface area contributed by atoms with Crippen LogP contribution in [0.1, 0.15) is 55.6 Å². The molecule has 3 unspecified atom stereocenters. The Kier molecular flexibility index (Phi) is 4.10. The monoisotopic (exact) mass is 249 g/mol. The van der Waals surface area contributed by atoms with Crippen molar-refractivity contribution >= 4 is 0 Å². The molecule has 1 aliphatic carbocycles. The standard InChI is InChI=1S/C15H27N3/c1-6-13-7-8-14(16-5)15(9-13)18-12(4)10(2)11(3)17-18/h13-16H,6-9H2,1-5H3. The van der Waals surface area contributed by atoms with Gasteiger partial charge >= 0.3 is 0 Å². The van der Waals surface area contributed by atoms with Crippen LogP contribution in [0.15, 0.2) is 0 Å². The first kappa shape index (κ1) is 13.6. The third-order valence-corrected chi connectivity index (χ3v) is 4.87. The highest BCUT2D eigenvalue weighted by molar-refractivity contribution is 5.23. The quantitative estimate of drug-likeness (QED) is 0.892. The SMILES string of the molecule is CCC1CCC(NC)C(n2nc(C)c(C)c2C)C1. The van der Waals surface area contributed by atoms with Crippen LogP contribution in [0.5, 0.6) is 0 Å². The van der Waals surface area contributed by atoms with Crippen LogP contribution < -0.4 is 5.32 Å². The first-order chi connectivity index (χ1) is 8.58. The Hall–Kier alpha value is -0.830. The fourth-order valence-corrected chi connectivity index (χ4v) is 3.28. The maximum atomic E-state index is 4.78. The summed E-state index contributed by atoms with van der Waals surface area (Å²) in [5, 5.41) is 8.27. The average Bonchev–Trinajstić information content (AvgIpc) is 2.65. The van der Waals surface area contributed by atoms with E-state index in [2.05, 4.69) is 44.7 Å². The minimum absolute atomic E-state index is 0.529. The average molecular weight is 249 g/mol. The molecule has 2 rings (SSSR count). The number of hydrogen-bond acceptors (Lipinski definition) is 2. The zero-order valence-electron chi connectivity index (χ0n) is 12.5. The van der Waals surface area contributed by atoms with Crippen molar-refractivity contribution < 1.29 is 0 Å². The van der Waals surface area contributed by atoms with Gasteiger partial charge in [0.2, 0.25) is 0 Å². The van der Waals surface area contributed by atoms with E-state index in [1.165, 1.54) is 42.6 Å². The summed E-state index contributed by atoms with van der Waals surface area (Å²) in [6.45, 7) is 8.82. The summed E-state index contributed by atoms with van der Waals surface area (Å²) in [6.07, 6.45) is 5.20. The lowest BCUT2D eigenvalue weighted by atomic mass is 9.81. The normalized spacial score (nSPS) is 28.6. The molecule has 1 aliphatic rings. The molecule has 0 spiro atoms. The zero-order chi connectivity index (χ0) is 13.3. The third kappa shape index (κ3) is 2.33. The van der Waals surface area contributed by atoms with Gasteiger partial charge in [-0.1, -0.05) is 13.3 Å². The molecule has 1 saturated carbocycles. The topological polar surface area (TPSA) is 29.9 Å². The highest BCUT2D eigenvalue weighted by Crippen LogP contribution is 2.35. The van der Waals surface area contributed by atoms with Gasteiger partial charge in [-0.25, -0.2) is 0 Å². The predicted octanol–water partition coefficient (Wildman–Crippen LogP) is 3.15. The largest absolute Gasteiger partial charge is 0.315 e. The summed E-state index contributed by atoms with van der Waals surface area (Å²) >= 11 is 0. The molecule has 0 radical (unpaired) electrons. The van der Waals surface area contributed by atoms with E-state index in [0.717, 1.165) is 5.92 Å². The van der Waals surface area contributed by atoms with E-state index >= 15 is 0 Å². The summed E-state index contributed by atoms with van der Waals surface area (Å²) in [5.74, 6) is 0.865. The molecular weight excluding hydrogens is 222 g/mol. The van der Waals surface area contributed by atoms with Crippen LogP contribution in [0, 0.1) is 26.7 Å². The molecule has 102 valence electrons. The Labute approximate surface area is 111 Å². The van der Waals surface area contributed by atoms with Gasteiger partial charge in [-0.2, -0.15) is 5.10 Å². The van der Waals surface area contributed by atoms with Crippen molar-refractivity contribution in [3.8, 4) is 0 Å². The number of nitrogens with one attached hydrogen (secondary N) is 1. The smallest absolute Gasteiger partial charge is 0.0677 e. The molecule has 1 N–H and O–H groups in total. The highest BCUT2D eigenvalue weighted by atomic mass is 15.3. The summed E-state index contributed by atoms with van der Waals surface area (Å²) in [6, 6.07) is 1.10. The lowest BCUT2D eigenvalue weighted by Crippen LogP contribution is -2.40. The van der Waals surface area contributed by atoms with Gasteiger partial charge in [0.25, 0.3) is 0 Å². The Balaban J connectivity index is 2.29. The van der Waals surface area contributed by atoms with Crippen molar-refractivity contribution in [2.75, 3.05) is 7.05 Å². The van der Waals surface area contributed by atoms with Crippen LogP contribution in [0.2, 0.25) is 0 Å². The van der Waals surface area contributed by atoms with Gasteiger partial charge in [-0.05, 0) is 58.6 Å².